The highest BCUT2D eigenvalue weighted by Crippen LogP contribution is 2.36. The first-order valence-corrected chi connectivity index (χ1v) is 9.67. The number of benzene rings is 1. The maximum Gasteiger partial charge on any atom is 0.192 e. The van der Waals surface area contributed by atoms with Gasteiger partial charge in [-0.05, 0) is 48.8 Å². The molecule has 4 heteroatoms. The number of nitrogen functional groups attached to an aromatic ring is 1. The highest BCUT2D eigenvalue weighted by atomic mass is 28.4. The van der Waals surface area contributed by atoms with Crippen LogP contribution in [-0.2, 0) is 4.43 Å². The van der Waals surface area contributed by atoms with Gasteiger partial charge >= 0.3 is 0 Å². The molecule has 0 bridgehead atoms. The first-order chi connectivity index (χ1) is 8.63. The second-order valence-electron chi connectivity index (χ2n) is 6.48. The third-order valence-electron chi connectivity index (χ3n) is 3.81. The number of rotatable bonds is 5. The first-order valence-electron chi connectivity index (χ1n) is 6.76. The fourth-order valence-corrected chi connectivity index (χ4v) is 2.53. The van der Waals surface area contributed by atoms with Crippen LogP contribution in [0, 0.1) is 6.92 Å². The van der Waals surface area contributed by atoms with Crippen LogP contribution in [0.2, 0.25) is 18.1 Å². The lowest BCUT2D eigenvalue weighted by Crippen LogP contribution is -2.41. The molecular weight excluding hydrogens is 254 g/mol. The number of hydrogen-bond donors (Lipinski definition) is 1. The lowest BCUT2D eigenvalue weighted by molar-refractivity contribution is 0.203. The molecule has 1 rings (SSSR count). The Morgan fingerprint density at radius 2 is 1.79 bits per heavy atom. The maximum atomic E-state index is 6.07. The van der Waals surface area contributed by atoms with Gasteiger partial charge < -0.3 is 14.9 Å². The van der Waals surface area contributed by atoms with Gasteiger partial charge in [0.25, 0.3) is 0 Å². The molecule has 108 valence electrons. The molecule has 0 aliphatic heterocycles. The molecule has 1 aromatic rings. The Balaban J connectivity index is 2.43. The van der Waals surface area contributed by atoms with Crippen molar-refractivity contribution in [3.63, 3.8) is 0 Å². The summed E-state index contributed by atoms with van der Waals surface area (Å²) < 4.78 is 11.8. The van der Waals surface area contributed by atoms with E-state index < -0.39 is 8.32 Å². The van der Waals surface area contributed by atoms with Crippen molar-refractivity contribution in [2.75, 3.05) is 18.9 Å². The normalized spacial score (nSPS) is 12.5. The molecule has 2 N–H and O–H groups in total. The summed E-state index contributed by atoms with van der Waals surface area (Å²) in [6.07, 6.45) is 0. The molecule has 0 spiro atoms. The molecule has 0 fully saturated rings. The van der Waals surface area contributed by atoms with E-state index in [0.29, 0.717) is 13.2 Å². The van der Waals surface area contributed by atoms with Gasteiger partial charge in [-0.1, -0.05) is 20.8 Å². The van der Waals surface area contributed by atoms with E-state index in [1.807, 2.05) is 25.1 Å². The Hall–Kier alpha value is -1.00. The fraction of sp³-hybridized carbons (Fsp3) is 0.600. The van der Waals surface area contributed by atoms with Crippen molar-refractivity contribution in [3.8, 4) is 5.75 Å². The molecule has 0 aliphatic carbocycles. The molecule has 0 aromatic heterocycles. The number of ether oxygens (including phenoxy) is 1. The highest BCUT2D eigenvalue weighted by Gasteiger charge is 2.36. The highest BCUT2D eigenvalue weighted by molar-refractivity contribution is 6.74. The van der Waals surface area contributed by atoms with Crippen molar-refractivity contribution in [1.29, 1.82) is 0 Å². The molecule has 0 saturated heterocycles. The van der Waals surface area contributed by atoms with E-state index in [2.05, 4.69) is 33.9 Å². The van der Waals surface area contributed by atoms with Crippen LogP contribution >= 0.6 is 0 Å². The quantitative estimate of drug-likeness (QED) is 0.504. The monoisotopic (exact) mass is 281 g/mol. The van der Waals surface area contributed by atoms with Crippen LogP contribution < -0.4 is 10.5 Å². The van der Waals surface area contributed by atoms with Crippen molar-refractivity contribution >= 4 is 14.0 Å². The molecule has 0 atom stereocenters. The topological polar surface area (TPSA) is 44.5 Å². The van der Waals surface area contributed by atoms with Gasteiger partial charge in [0, 0.05) is 5.69 Å². The number of nitrogens with two attached hydrogens (primary N) is 1. The fourth-order valence-electron chi connectivity index (χ4n) is 1.50. The van der Waals surface area contributed by atoms with E-state index in [1.54, 1.807) is 0 Å². The van der Waals surface area contributed by atoms with Crippen molar-refractivity contribution in [2.45, 2.75) is 45.8 Å². The molecule has 0 unspecified atom stereocenters. The molecule has 0 saturated carbocycles. The predicted octanol–water partition coefficient (Wildman–Crippen LogP) is 3.98. The minimum atomic E-state index is -1.67. The van der Waals surface area contributed by atoms with Crippen molar-refractivity contribution < 1.29 is 9.16 Å². The third-order valence-corrected chi connectivity index (χ3v) is 8.35. The van der Waals surface area contributed by atoms with Gasteiger partial charge in [-0.25, -0.2) is 0 Å². The number of aryl methyl sites for hydroxylation is 1. The zero-order valence-corrected chi connectivity index (χ0v) is 14.0. The van der Waals surface area contributed by atoms with E-state index >= 15 is 0 Å². The van der Waals surface area contributed by atoms with E-state index in [-0.39, 0.29) is 5.04 Å². The van der Waals surface area contributed by atoms with E-state index in [0.717, 1.165) is 17.0 Å². The molecule has 19 heavy (non-hydrogen) atoms. The Labute approximate surface area is 118 Å². The Morgan fingerprint density at radius 3 is 2.32 bits per heavy atom. The molecule has 0 amide bonds. The molecule has 1 aromatic carbocycles. The van der Waals surface area contributed by atoms with E-state index in [4.69, 9.17) is 14.9 Å². The third kappa shape index (κ3) is 4.55. The van der Waals surface area contributed by atoms with Crippen LogP contribution in [0.3, 0.4) is 0 Å². The first kappa shape index (κ1) is 16.1. The second kappa shape index (κ2) is 5.97. The van der Waals surface area contributed by atoms with Gasteiger partial charge in [-0.15, -0.1) is 0 Å². The summed E-state index contributed by atoms with van der Waals surface area (Å²) in [5.41, 5.74) is 7.54. The minimum absolute atomic E-state index is 0.240. The zero-order valence-electron chi connectivity index (χ0n) is 13.0. The summed E-state index contributed by atoms with van der Waals surface area (Å²) in [7, 11) is -1.67. The van der Waals surface area contributed by atoms with Gasteiger partial charge in [0.05, 0.1) is 6.61 Å². The zero-order chi connectivity index (χ0) is 14.7. The van der Waals surface area contributed by atoms with Crippen molar-refractivity contribution in [3.05, 3.63) is 23.8 Å². The lowest BCUT2D eigenvalue weighted by Gasteiger charge is -2.36. The predicted molar refractivity (Wildman–Crippen MR) is 84.2 cm³/mol. The van der Waals surface area contributed by atoms with E-state index in [9.17, 15) is 0 Å². The van der Waals surface area contributed by atoms with Gasteiger partial charge in [-0.3, -0.25) is 0 Å². The molecule has 3 nitrogen and oxygen atoms in total. The van der Waals surface area contributed by atoms with Crippen LogP contribution in [0.15, 0.2) is 18.2 Å². The Kier molecular flexibility index (Phi) is 5.04. The van der Waals surface area contributed by atoms with Crippen molar-refractivity contribution in [1.82, 2.24) is 0 Å². The molecule has 0 radical (unpaired) electrons. The summed E-state index contributed by atoms with van der Waals surface area (Å²) in [6, 6.07) is 5.69. The average molecular weight is 281 g/mol. The lowest BCUT2D eigenvalue weighted by atomic mass is 10.2. The standard InChI is InChI=1S/C15H27NO2Si/c1-12-11-13(16)7-8-14(12)17-9-10-18-19(5,6)15(2,3)4/h7-8,11H,9-10,16H2,1-6H3. The summed E-state index contributed by atoms with van der Waals surface area (Å²) in [4.78, 5) is 0. The summed E-state index contributed by atoms with van der Waals surface area (Å²) in [6.45, 7) is 14.4. The van der Waals surface area contributed by atoms with Gasteiger partial charge in [0.1, 0.15) is 12.4 Å². The maximum absolute atomic E-state index is 6.07. The second-order valence-corrected chi connectivity index (χ2v) is 11.3. The SMILES string of the molecule is Cc1cc(N)ccc1OCCO[Si](C)(C)C(C)(C)C. The molecule has 0 aliphatic rings. The van der Waals surface area contributed by atoms with Gasteiger partial charge in [-0.2, -0.15) is 0 Å². The van der Waals surface area contributed by atoms with Crippen LogP contribution in [-0.4, -0.2) is 21.5 Å². The van der Waals surface area contributed by atoms with Crippen molar-refractivity contribution in [2.24, 2.45) is 0 Å². The smallest absolute Gasteiger partial charge is 0.192 e. The Morgan fingerprint density at radius 1 is 1.16 bits per heavy atom. The average Bonchev–Trinajstić information content (AvgIpc) is 2.25. The Bertz CT molecular complexity index is 425. The summed E-state index contributed by atoms with van der Waals surface area (Å²) >= 11 is 0. The largest absolute Gasteiger partial charge is 0.491 e. The van der Waals surface area contributed by atoms with Gasteiger partial charge in [0.15, 0.2) is 8.32 Å². The summed E-state index contributed by atoms with van der Waals surface area (Å²) in [5.74, 6) is 0.882. The van der Waals surface area contributed by atoms with E-state index in [1.165, 1.54) is 0 Å². The molecule has 0 heterocycles. The van der Waals surface area contributed by atoms with Crippen LogP contribution in [0.5, 0.6) is 5.75 Å². The van der Waals surface area contributed by atoms with Gasteiger partial charge in [0.2, 0.25) is 0 Å². The van der Waals surface area contributed by atoms with Crippen LogP contribution in [0.1, 0.15) is 26.3 Å². The number of hydrogen-bond acceptors (Lipinski definition) is 3. The number of anilines is 1. The van der Waals surface area contributed by atoms with Crippen LogP contribution in [0.25, 0.3) is 0 Å². The molecular formula is C15H27NO2Si. The van der Waals surface area contributed by atoms with Crippen LogP contribution in [0.4, 0.5) is 5.69 Å². The minimum Gasteiger partial charge on any atom is -0.491 e. The summed E-state index contributed by atoms with van der Waals surface area (Å²) in [5, 5.41) is 0.240.